The average Bonchev–Trinajstić information content (AvgIpc) is 2.97. The molecule has 1 aliphatic heterocycles. The maximum absolute atomic E-state index is 12.9. The predicted molar refractivity (Wildman–Crippen MR) is 114 cm³/mol. The number of nitrogens with zero attached hydrogens (tertiary/aromatic N) is 1. The number of carbonyl (C=O) groups excluding carboxylic acids is 2. The van der Waals surface area contributed by atoms with Crippen LogP contribution in [0, 0.1) is 6.92 Å². The van der Waals surface area contributed by atoms with Crippen LogP contribution in [-0.4, -0.2) is 40.0 Å². The predicted octanol–water partition coefficient (Wildman–Crippen LogP) is 4.32. The molecule has 0 saturated carbocycles. The van der Waals surface area contributed by atoms with Crippen LogP contribution < -0.4 is 4.74 Å². The Labute approximate surface area is 176 Å². The van der Waals surface area contributed by atoms with Gasteiger partial charge in [-0.15, -0.1) is 0 Å². The normalized spacial score (nSPS) is 18.1. The number of phenolic OH excluding ortho intramolecular Hbond substituents is 1. The van der Waals surface area contributed by atoms with Crippen molar-refractivity contribution in [1.29, 1.82) is 0 Å². The SMILES string of the molecule is CCCOc1ccc(/C(O)=C2/C(=O)C(=O)N(CCC)C2c2cccc(O)c2)cc1C. The maximum Gasteiger partial charge on any atom is 0.295 e. The van der Waals surface area contributed by atoms with Crippen molar-refractivity contribution >= 4 is 17.4 Å². The third kappa shape index (κ3) is 4.03. The van der Waals surface area contributed by atoms with Crippen LogP contribution >= 0.6 is 0 Å². The highest BCUT2D eigenvalue weighted by molar-refractivity contribution is 6.46. The van der Waals surface area contributed by atoms with E-state index < -0.39 is 17.7 Å². The van der Waals surface area contributed by atoms with Crippen LogP contribution in [-0.2, 0) is 9.59 Å². The number of phenols is 1. The van der Waals surface area contributed by atoms with E-state index in [-0.39, 0.29) is 17.1 Å². The van der Waals surface area contributed by atoms with Gasteiger partial charge in [-0.05, 0) is 61.2 Å². The molecule has 1 amide bonds. The Morgan fingerprint density at radius 2 is 1.87 bits per heavy atom. The number of carbonyl (C=O) groups is 2. The summed E-state index contributed by atoms with van der Waals surface area (Å²) in [7, 11) is 0. The van der Waals surface area contributed by atoms with Crippen LogP contribution in [0.3, 0.4) is 0 Å². The maximum atomic E-state index is 12.9. The van der Waals surface area contributed by atoms with Gasteiger partial charge in [0.2, 0.25) is 0 Å². The number of aryl methyl sites for hydroxylation is 1. The zero-order valence-electron chi connectivity index (χ0n) is 17.5. The number of ether oxygens (including phenoxy) is 1. The molecule has 0 spiro atoms. The minimum Gasteiger partial charge on any atom is -0.508 e. The quantitative estimate of drug-likeness (QED) is 0.404. The van der Waals surface area contributed by atoms with Crippen molar-refractivity contribution < 1.29 is 24.5 Å². The van der Waals surface area contributed by atoms with Crippen LogP contribution in [0.1, 0.15) is 49.4 Å². The Hall–Kier alpha value is -3.28. The molecule has 1 saturated heterocycles. The van der Waals surface area contributed by atoms with Crippen LogP contribution in [0.25, 0.3) is 5.76 Å². The van der Waals surface area contributed by atoms with E-state index in [1.807, 2.05) is 20.8 Å². The van der Waals surface area contributed by atoms with Crippen molar-refractivity contribution in [2.75, 3.05) is 13.2 Å². The first-order chi connectivity index (χ1) is 14.4. The Kier molecular flexibility index (Phi) is 6.45. The van der Waals surface area contributed by atoms with Gasteiger partial charge in [-0.1, -0.05) is 26.0 Å². The number of benzene rings is 2. The first kappa shape index (κ1) is 21.4. The molecule has 2 N–H and O–H groups in total. The molecule has 1 fully saturated rings. The molecule has 0 aliphatic carbocycles. The van der Waals surface area contributed by atoms with Crippen molar-refractivity contribution in [3.05, 3.63) is 64.7 Å². The molecule has 6 heteroatoms. The molecular formula is C24H27NO5. The van der Waals surface area contributed by atoms with Gasteiger partial charge in [-0.2, -0.15) is 0 Å². The van der Waals surface area contributed by atoms with E-state index in [2.05, 4.69) is 0 Å². The van der Waals surface area contributed by atoms with Gasteiger partial charge in [0.1, 0.15) is 17.3 Å². The molecule has 1 heterocycles. The molecule has 1 unspecified atom stereocenters. The summed E-state index contributed by atoms with van der Waals surface area (Å²) in [5, 5.41) is 21.0. The summed E-state index contributed by atoms with van der Waals surface area (Å²) < 4.78 is 5.68. The Balaban J connectivity index is 2.12. The molecule has 2 aromatic rings. The minimum absolute atomic E-state index is 0.0284. The number of aliphatic hydroxyl groups is 1. The molecule has 0 aromatic heterocycles. The lowest BCUT2D eigenvalue weighted by molar-refractivity contribution is -0.139. The summed E-state index contributed by atoms with van der Waals surface area (Å²) >= 11 is 0. The van der Waals surface area contributed by atoms with E-state index in [0.29, 0.717) is 36.4 Å². The van der Waals surface area contributed by atoms with Gasteiger partial charge in [-0.3, -0.25) is 9.59 Å². The monoisotopic (exact) mass is 409 g/mol. The summed E-state index contributed by atoms with van der Waals surface area (Å²) in [6.45, 7) is 6.75. The van der Waals surface area contributed by atoms with Gasteiger partial charge >= 0.3 is 0 Å². The summed E-state index contributed by atoms with van der Waals surface area (Å²) in [6.07, 6.45) is 1.54. The van der Waals surface area contributed by atoms with E-state index in [0.717, 1.165) is 12.0 Å². The minimum atomic E-state index is -0.756. The largest absolute Gasteiger partial charge is 0.508 e. The third-order valence-corrected chi connectivity index (χ3v) is 5.10. The number of ketones is 1. The van der Waals surface area contributed by atoms with Crippen molar-refractivity contribution in [2.45, 2.75) is 39.7 Å². The van der Waals surface area contributed by atoms with Crippen molar-refractivity contribution in [2.24, 2.45) is 0 Å². The number of rotatable bonds is 7. The standard InChI is InChI=1S/C24H27NO5/c1-4-11-25-21(16-7-6-8-18(26)14-16)20(23(28)24(25)29)22(27)17-9-10-19(15(3)13-17)30-12-5-2/h6-10,13-14,21,26-27H,4-5,11-12H2,1-3H3/b22-20-. The van der Waals surface area contributed by atoms with Crippen molar-refractivity contribution in [3.8, 4) is 11.5 Å². The van der Waals surface area contributed by atoms with E-state index in [1.165, 1.54) is 17.0 Å². The second-order valence-electron chi connectivity index (χ2n) is 7.42. The van der Waals surface area contributed by atoms with Gasteiger partial charge in [0, 0.05) is 12.1 Å². The fraction of sp³-hybridized carbons (Fsp3) is 0.333. The summed E-state index contributed by atoms with van der Waals surface area (Å²) in [4.78, 5) is 27.0. The van der Waals surface area contributed by atoms with Gasteiger partial charge in [0.15, 0.2) is 0 Å². The highest BCUT2D eigenvalue weighted by Crippen LogP contribution is 2.40. The lowest BCUT2D eigenvalue weighted by Gasteiger charge is -2.25. The van der Waals surface area contributed by atoms with Gasteiger partial charge in [0.05, 0.1) is 18.2 Å². The summed E-state index contributed by atoms with van der Waals surface area (Å²) in [5.41, 5.74) is 1.87. The molecule has 2 aromatic carbocycles. The molecule has 1 aliphatic rings. The second kappa shape index (κ2) is 9.03. The molecule has 1 atom stereocenters. The summed E-state index contributed by atoms with van der Waals surface area (Å²) in [6, 6.07) is 10.8. The number of likely N-dealkylation sites (tertiary alicyclic amines) is 1. The molecule has 0 radical (unpaired) electrons. The van der Waals surface area contributed by atoms with E-state index in [1.54, 1.807) is 30.3 Å². The molecule has 30 heavy (non-hydrogen) atoms. The van der Waals surface area contributed by atoms with Gasteiger partial charge in [-0.25, -0.2) is 0 Å². The van der Waals surface area contributed by atoms with E-state index in [9.17, 15) is 19.8 Å². The number of aliphatic hydroxyl groups excluding tert-OH is 1. The Morgan fingerprint density at radius 1 is 1.10 bits per heavy atom. The van der Waals surface area contributed by atoms with Crippen LogP contribution in [0.15, 0.2) is 48.0 Å². The Morgan fingerprint density at radius 3 is 2.50 bits per heavy atom. The second-order valence-corrected chi connectivity index (χ2v) is 7.42. The van der Waals surface area contributed by atoms with Crippen LogP contribution in [0.2, 0.25) is 0 Å². The highest BCUT2D eigenvalue weighted by Gasteiger charge is 2.45. The number of amides is 1. The topological polar surface area (TPSA) is 87.1 Å². The van der Waals surface area contributed by atoms with Gasteiger partial charge in [0.25, 0.3) is 11.7 Å². The van der Waals surface area contributed by atoms with Crippen LogP contribution in [0.5, 0.6) is 11.5 Å². The number of hydrogen-bond acceptors (Lipinski definition) is 5. The number of hydrogen-bond donors (Lipinski definition) is 2. The lowest BCUT2D eigenvalue weighted by atomic mass is 9.94. The fourth-order valence-corrected chi connectivity index (χ4v) is 3.72. The first-order valence-electron chi connectivity index (χ1n) is 10.2. The lowest BCUT2D eigenvalue weighted by Crippen LogP contribution is -2.30. The molecular weight excluding hydrogens is 382 g/mol. The Bertz CT molecular complexity index is 995. The van der Waals surface area contributed by atoms with E-state index >= 15 is 0 Å². The molecule has 3 rings (SSSR count). The highest BCUT2D eigenvalue weighted by atomic mass is 16.5. The average molecular weight is 409 g/mol. The molecule has 158 valence electrons. The van der Waals surface area contributed by atoms with E-state index in [4.69, 9.17) is 4.74 Å². The fourth-order valence-electron chi connectivity index (χ4n) is 3.72. The van der Waals surface area contributed by atoms with Crippen molar-refractivity contribution in [1.82, 2.24) is 4.90 Å². The molecule has 6 nitrogen and oxygen atoms in total. The molecule has 0 bridgehead atoms. The third-order valence-electron chi connectivity index (χ3n) is 5.10. The zero-order valence-corrected chi connectivity index (χ0v) is 17.5. The summed E-state index contributed by atoms with van der Waals surface area (Å²) in [5.74, 6) is -0.859. The number of Topliss-reactive ketones (excluding diaryl/α,β-unsaturated/α-hetero) is 1. The zero-order chi connectivity index (χ0) is 21.8. The smallest absolute Gasteiger partial charge is 0.295 e. The van der Waals surface area contributed by atoms with Crippen LogP contribution in [0.4, 0.5) is 0 Å². The first-order valence-corrected chi connectivity index (χ1v) is 10.2. The number of aromatic hydroxyl groups is 1. The van der Waals surface area contributed by atoms with Gasteiger partial charge < -0.3 is 19.8 Å². The van der Waals surface area contributed by atoms with Crippen molar-refractivity contribution in [3.63, 3.8) is 0 Å².